The van der Waals surface area contributed by atoms with E-state index in [4.69, 9.17) is 4.74 Å². The van der Waals surface area contributed by atoms with Crippen LogP contribution >= 0.6 is 11.8 Å². The SMILES string of the molecule is COc1ccc(NC2=C(Sc3ccccc3)C(=O)N(c3cc(C)ccc3C)C2=O)cc1. The van der Waals surface area contributed by atoms with Crippen LogP contribution in [0.25, 0.3) is 0 Å². The molecule has 1 heterocycles. The van der Waals surface area contributed by atoms with Gasteiger partial charge in [0.2, 0.25) is 0 Å². The van der Waals surface area contributed by atoms with Crippen molar-refractivity contribution in [3.63, 3.8) is 0 Å². The molecule has 0 saturated carbocycles. The molecular formula is C25H22N2O3S. The lowest BCUT2D eigenvalue weighted by Crippen LogP contribution is -2.33. The minimum absolute atomic E-state index is 0.268. The fraction of sp³-hybridized carbons (Fsp3) is 0.120. The Hall–Kier alpha value is -3.51. The molecule has 0 fully saturated rings. The fourth-order valence-electron chi connectivity index (χ4n) is 3.32. The van der Waals surface area contributed by atoms with Gasteiger partial charge in [0.15, 0.2) is 0 Å². The number of anilines is 2. The minimum atomic E-state index is -0.368. The number of nitrogens with zero attached hydrogens (tertiary/aromatic N) is 1. The molecule has 3 aromatic carbocycles. The highest BCUT2D eigenvalue weighted by Crippen LogP contribution is 2.38. The highest BCUT2D eigenvalue weighted by atomic mass is 32.2. The molecule has 0 saturated heterocycles. The zero-order valence-corrected chi connectivity index (χ0v) is 18.3. The molecule has 0 aromatic heterocycles. The lowest BCUT2D eigenvalue weighted by Gasteiger charge is -2.18. The Labute approximate surface area is 185 Å². The van der Waals surface area contributed by atoms with Crippen molar-refractivity contribution in [1.29, 1.82) is 0 Å². The van der Waals surface area contributed by atoms with Crippen LogP contribution in [0.5, 0.6) is 5.75 Å². The third kappa shape index (κ3) is 4.20. The Morgan fingerprint density at radius 2 is 1.58 bits per heavy atom. The summed E-state index contributed by atoms with van der Waals surface area (Å²) in [6.07, 6.45) is 0. The molecule has 156 valence electrons. The monoisotopic (exact) mass is 430 g/mol. The van der Waals surface area contributed by atoms with Gasteiger partial charge in [0.25, 0.3) is 11.8 Å². The molecule has 0 aliphatic carbocycles. The number of methoxy groups -OCH3 is 1. The first kappa shape index (κ1) is 20.8. The first-order valence-corrected chi connectivity index (χ1v) is 10.6. The summed E-state index contributed by atoms with van der Waals surface area (Å²) >= 11 is 1.29. The first-order chi connectivity index (χ1) is 15.0. The lowest BCUT2D eigenvalue weighted by molar-refractivity contribution is -0.120. The van der Waals surface area contributed by atoms with Crippen molar-refractivity contribution in [2.45, 2.75) is 18.7 Å². The number of benzene rings is 3. The second-order valence-electron chi connectivity index (χ2n) is 7.21. The van der Waals surface area contributed by atoms with Crippen LogP contribution in [0.2, 0.25) is 0 Å². The van der Waals surface area contributed by atoms with Gasteiger partial charge in [0, 0.05) is 10.6 Å². The molecule has 0 unspecified atom stereocenters. The van der Waals surface area contributed by atoms with Crippen LogP contribution in [0.4, 0.5) is 11.4 Å². The van der Waals surface area contributed by atoms with Crippen molar-refractivity contribution in [2.75, 3.05) is 17.3 Å². The number of hydrogen-bond acceptors (Lipinski definition) is 5. The Balaban J connectivity index is 1.75. The number of thioether (sulfide) groups is 1. The number of rotatable bonds is 6. The maximum Gasteiger partial charge on any atom is 0.283 e. The molecule has 0 radical (unpaired) electrons. The maximum absolute atomic E-state index is 13.5. The van der Waals surface area contributed by atoms with Crippen molar-refractivity contribution in [2.24, 2.45) is 0 Å². The van der Waals surface area contributed by atoms with Gasteiger partial charge in [-0.2, -0.15) is 0 Å². The van der Waals surface area contributed by atoms with Crippen LogP contribution in [0.3, 0.4) is 0 Å². The van der Waals surface area contributed by atoms with Gasteiger partial charge in [-0.05, 0) is 67.4 Å². The number of aryl methyl sites for hydroxylation is 2. The number of amides is 2. The average Bonchev–Trinajstić information content (AvgIpc) is 3.00. The molecule has 1 N–H and O–H groups in total. The Kier molecular flexibility index (Phi) is 5.82. The van der Waals surface area contributed by atoms with Crippen LogP contribution in [0.15, 0.2) is 88.3 Å². The van der Waals surface area contributed by atoms with E-state index in [1.807, 2.05) is 74.5 Å². The summed E-state index contributed by atoms with van der Waals surface area (Å²) in [6.45, 7) is 3.84. The summed E-state index contributed by atoms with van der Waals surface area (Å²) in [7, 11) is 1.60. The largest absolute Gasteiger partial charge is 0.497 e. The molecule has 1 aliphatic heterocycles. The van der Waals surface area contributed by atoms with Gasteiger partial charge in [-0.1, -0.05) is 42.1 Å². The summed E-state index contributed by atoms with van der Waals surface area (Å²) in [4.78, 5) is 29.4. The molecular weight excluding hydrogens is 408 g/mol. The van der Waals surface area contributed by atoms with Crippen LogP contribution in [-0.2, 0) is 9.59 Å². The Bertz CT molecular complexity index is 1170. The van der Waals surface area contributed by atoms with Crippen LogP contribution < -0.4 is 15.0 Å². The smallest absolute Gasteiger partial charge is 0.283 e. The molecule has 6 heteroatoms. The van der Waals surface area contributed by atoms with Crippen LogP contribution in [0.1, 0.15) is 11.1 Å². The van der Waals surface area contributed by atoms with Gasteiger partial charge in [-0.15, -0.1) is 0 Å². The molecule has 4 rings (SSSR count). The van der Waals surface area contributed by atoms with E-state index in [0.29, 0.717) is 22.0 Å². The van der Waals surface area contributed by atoms with Gasteiger partial charge in [0.1, 0.15) is 16.4 Å². The second-order valence-corrected chi connectivity index (χ2v) is 8.29. The summed E-state index contributed by atoms with van der Waals surface area (Å²) in [5, 5.41) is 3.17. The van der Waals surface area contributed by atoms with Crippen molar-refractivity contribution in [3.8, 4) is 5.75 Å². The van der Waals surface area contributed by atoms with E-state index in [-0.39, 0.29) is 17.5 Å². The van der Waals surface area contributed by atoms with E-state index in [1.165, 1.54) is 16.7 Å². The van der Waals surface area contributed by atoms with Crippen LogP contribution in [0, 0.1) is 13.8 Å². The van der Waals surface area contributed by atoms with Crippen molar-refractivity contribution < 1.29 is 14.3 Å². The van der Waals surface area contributed by atoms with E-state index < -0.39 is 0 Å². The van der Waals surface area contributed by atoms with E-state index in [1.54, 1.807) is 19.2 Å². The predicted molar refractivity (Wildman–Crippen MR) is 124 cm³/mol. The molecule has 3 aromatic rings. The molecule has 0 atom stereocenters. The molecule has 0 spiro atoms. The van der Waals surface area contributed by atoms with E-state index in [9.17, 15) is 9.59 Å². The highest BCUT2D eigenvalue weighted by Gasteiger charge is 2.40. The third-order valence-electron chi connectivity index (χ3n) is 4.97. The van der Waals surface area contributed by atoms with E-state index in [2.05, 4.69) is 5.32 Å². The topological polar surface area (TPSA) is 58.6 Å². The predicted octanol–water partition coefficient (Wildman–Crippen LogP) is 5.30. The first-order valence-electron chi connectivity index (χ1n) is 9.82. The standard InChI is InChI=1S/C25H22N2O3S/c1-16-9-10-17(2)21(15-16)27-24(28)22(26-18-11-13-19(30-3)14-12-18)23(25(27)29)31-20-7-5-4-6-8-20/h4-15,26H,1-3H3. The summed E-state index contributed by atoms with van der Waals surface area (Å²) < 4.78 is 5.20. The molecule has 1 aliphatic rings. The summed E-state index contributed by atoms with van der Waals surface area (Å²) in [5.74, 6) is 0.0146. The van der Waals surface area contributed by atoms with E-state index >= 15 is 0 Å². The van der Waals surface area contributed by atoms with Gasteiger partial charge in [-0.3, -0.25) is 9.59 Å². The highest BCUT2D eigenvalue weighted by molar-refractivity contribution is 8.04. The van der Waals surface area contributed by atoms with Gasteiger partial charge >= 0.3 is 0 Å². The van der Waals surface area contributed by atoms with Crippen molar-refractivity contribution in [3.05, 3.63) is 94.5 Å². The molecule has 2 amide bonds. The average molecular weight is 431 g/mol. The van der Waals surface area contributed by atoms with Crippen molar-refractivity contribution >= 4 is 35.0 Å². The minimum Gasteiger partial charge on any atom is -0.497 e. The summed E-state index contributed by atoms with van der Waals surface area (Å²) in [5.41, 5.74) is 3.42. The van der Waals surface area contributed by atoms with Crippen molar-refractivity contribution in [1.82, 2.24) is 0 Å². The Morgan fingerprint density at radius 3 is 2.26 bits per heavy atom. The lowest BCUT2D eigenvalue weighted by atomic mass is 10.1. The molecule has 31 heavy (non-hydrogen) atoms. The number of nitrogens with one attached hydrogen (secondary N) is 1. The Morgan fingerprint density at radius 1 is 0.871 bits per heavy atom. The third-order valence-corrected chi connectivity index (χ3v) is 6.06. The number of imide groups is 1. The van der Waals surface area contributed by atoms with Gasteiger partial charge < -0.3 is 10.1 Å². The number of ether oxygens (including phenoxy) is 1. The normalized spacial score (nSPS) is 13.7. The zero-order valence-electron chi connectivity index (χ0n) is 17.5. The molecule has 5 nitrogen and oxygen atoms in total. The second kappa shape index (κ2) is 8.70. The number of hydrogen-bond donors (Lipinski definition) is 1. The van der Waals surface area contributed by atoms with Crippen LogP contribution in [-0.4, -0.2) is 18.9 Å². The number of carbonyl (C=O) groups is 2. The summed E-state index contributed by atoms with van der Waals surface area (Å²) in [6, 6.07) is 22.5. The van der Waals surface area contributed by atoms with Gasteiger partial charge in [-0.25, -0.2) is 4.90 Å². The van der Waals surface area contributed by atoms with Gasteiger partial charge in [0.05, 0.1) is 12.8 Å². The zero-order chi connectivity index (χ0) is 22.0. The van der Waals surface area contributed by atoms with E-state index in [0.717, 1.165) is 16.0 Å². The quantitative estimate of drug-likeness (QED) is 0.538. The maximum atomic E-state index is 13.5. The number of carbonyl (C=O) groups excluding carboxylic acids is 2. The molecule has 0 bridgehead atoms. The fourth-order valence-corrected chi connectivity index (χ4v) is 4.27.